The lowest BCUT2D eigenvalue weighted by Crippen LogP contribution is -2.42. The van der Waals surface area contributed by atoms with Crippen LogP contribution >= 0.6 is 0 Å². The molecule has 0 saturated carbocycles. The molecular weight excluding hydrogens is 450 g/mol. The first-order valence-electron chi connectivity index (χ1n) is 12.7. The molecule has 5 heteroatoms. The zero-order valence-electron chi connectivity index (χ0n) is 21.4. The highest BCUT2D eigenvalue weighted by Gasteiger charge is 2.19. The average molecular weight is 492 g/mol. The Morgan fingerprint density at radius 2 is 1.19 bits per heavy atom. The molecule has 1 amide bonds. The van der Waals surface area contributed by atoms with Gasteiger partial charge < -0.3 is 15.5 Å². The monoisotopic (exact) mass is 491 g/mol. The maximum absolute atomic E-state index is 12.1. The second-order valence-electron chi connectivity index (χ2n) is 8.28. The number of nitrogens with one attached hydrogen (secondary N) is 1. The van der Waals surface area contributed by atoms with Crippen LogP contribution in [-0.2, 0) is 16.0 Å². The first kappa shape index (κ1) is 30.4. The SMILES string of the molecule is CC/C=C\C/C=C/C/C=C/C/C=C/C/C=C/C/C=C/CCC(=O)NC(Cc1ccc(O)cc1)C(=O)O. The Kier molecular flexibility index (Phi) is 17.5. The van der Waals surface area contributed by atoms with Crippen molar-refractivity contribution in [3.63, 3.8) is 0 Å². The van der Waals surface area contributed by atoms with Crippen molar-refractivity contribution < 1.29 is 19.8 Å². The Bertz CT molecular complexity index is 920. The standard InChI is InChI=1S/C31H41NO4/c1-2-3-4-5-6-7-8-9-10-11-12-13-14-15-16-17-18-19-20-21-30(34)32-29(31(35)36)26-27-22-24-28(33)25-23-27/h3-4,6-7,9-10,12-13,15-16,18-19,22-25,29,33H,2,5,8,11,14,17,20-21,26H2,1H3,(H,32,34)(H,35,36)/b4-3-,7-6+,10-9+,13-12+,16-15+,19-18+. The van der Waals surface area contributed by atoms with E-state index in [1.807, 2.05) is 12.2 Å². The second kappa shape index (κ2) is 20.7. The van der Waals surface area contributed by atoms with Crippen molar-refractivity contribution in [3.05, 3.63) is 103 Å². The summed E-state index contributed by atoms with van der Waals surface area (Å²) in [4.78, 5) is 23.6. The van der Waals surface area contributed by atoms with Crippen LogP contribution in [-0.4, -0.2) is 28.1 Å². The number of carbonyl (C=O) groups excluding carboxylic acids is 1. The minimum Gasteiger partial charge on any atom is -0.508 e. The Hall–Kier alpha value is -3.60. The van der Waals surface area contributed by atoms with Crippen LogP contribution in [0.3, 0.4) is 0 Å². The van der Waals surface area contributed by atoms with Gasteiger partial charge in [0.1, 0.15) is 11.8 Å². The molecule has 0 aliphatic rings. The molecule has 1 rings (SSSR count). The summed E-state index contributed by atoms with van der Waals surface area (Å²) in [6, 6.07) is 5.30. The van der Waals surface area contributed by atoms with Gasteiger partial charge in [0.25, 0.3) is 0 Å². The lowest BCUT2D eigenvalue weighted by atomic mass is 10.1. The molecule has 3 N–H and O–H groups in total. The summed E-state index contributed by atoms with van der Waals surface area (Å²) < 4.78 is 0. The summed E-state index contributed by atoms with van der Waals surface area (Å²) in [5, 5.41) is 21.3. The smallest absolute Gasteiger partial charge is 0.326 e. The van der Waals surface area contributed by atoms with E-state index >= 15 is 0 Å². The molecule has 1 atom stereocenters. The van der Waals surface area contributed by atoms with Crippen LogP contribution in [0.15, 0.2) is 97.2 Å². The third kappa shape index (κ3) is 16.9. The molecule has 1 aromatic carbocycles. The van der Waals surface area contributed by atoms with Gasteiger partial charge in [-0.05, 0) is 62.6 Å². The number of phenols is 1. The number of phenolic OH excluding ortho intramolecular Hbond substituents is 1. The number of aliphatic carboxylic acids is 1. The fourth-order valence-electron chi connectivity index (χ4n) is 3.19. The van der Waals surface area contributed by atoms with E-state index in [1.165, 1.54) is 12.1 Å². The zero-order valence-corrected chi connectivity index (χ0v) is 21.4. The number of carbonyl (C=O) groups is 2. The first-order valence-corrected chi connectivity index (χ1v) is 12.7. The van der Waals surface area contributed by atoms with Gasteiger partial charge in [-0.15, -0.1) is 0 Å². The number of carboxylic acid groups (broad SMARTS) is 1. The van der Waals surface area contributed by atoms with Gasteiger partial charge in [-0.25, -0.2) is 4.79 Å². The van der Waals surface area contributed by atoms with Crippen LogP contribution in [0, 0.1) is 0 Å². The fraction of sp³-hybridized carbons (Fsp3) is 0.355. The lowest BCUT2D eigenvalue weighted by molar-refractivity contribution is -0.141. The van der Waals surface area contributed by atoms with E-state index in [2.05, 4.69) is 73.0 Å². The lowest BCUT2D eigenvalue weighted by Gasteiger charge is -2.14. The minimum absolute atomic E-state index is 0.117. The molecule has 1 unspecified atom stereocenters. The van der Waals surface area contributed by atoms with Crippen molar-refractivity contribution in [1.82, 2.24) is 5.32 Å². The van der Waals surface area contributed by atoms with Gasteiger partial charge >= 0.3 is 5.97 Å². The molecule has 5 nitrogen and oxygen atoms in total. The predicted molar refractivity (Wildman–Crippen MR) is 149 cm³/mol. The summed E-state index contributed by atoms with van der Waals surface area (Å²) in [6.45, 7) is 2.14. The number of benzene rings is 1. The van der Waals surface area contributed by atoms with Crippen LogP contribution in [0.2, 0.25) is 0 Å². The van der Waals surface area contributed by atoms with E-state index in [4.69, 9.17) is 0 Å². The number of carboxylic acids is 1. The fourth-order valence-corrected chi connectivity index (χ4v) is 3.19. The number of amides is 1. The quantitative estimate of drug-likeness (QED) is 0.193. The molecule has 0 aliphatic carbocycles. The molecule has 1 aromatic rings. The van der Waals surface area contributed by atoms with Crippen molar-refractivity contribution in [2.75, 3.05) is 0 Å². The van der Waals surface area contributed by atoms with E-state index < -0.39 is 12.0 Å². The maximum atomic E-state index is 12.1. The molecule has 194 valence electrons. The average Bonchev–Trinajstić information content (AvgIpc) is 2.86. The molecule has 0 aromatic heterocycles. The highest BCUT2D eigenvalue weighted by atomic mass is 16.4. The van der Waals surface area contributed by atoms with Crippen molar-refractivity contribution in [2.45, 2.75) is 70.8 Å². The normalized spacial score (nSPS) is 13.2. The van der Waals surface area contributed by atoms with Gasteiger partial charge in [-0.1, -0.05) is 92.0 Å². The number of aromatic hydroxyl groups is 1. The third-order valence-electron chi connectivity index (χ3n) is 5.14. The molecule has 0 radical (unpaired) electrons. The van der Waals surface area contributed by atoms with Gasteiger partial charge in [0.05, 0.1) is 0 Å². The van der Waals surface area contributed by atoms with Crippen molar-refractivity contribution in [2.24, 2.45) is 0 Å². The summed E-state index contributed by atoms with van der Waals surface area (Å²) in [5.74, 6) is -1.25. The Morgan fingerprint density at radius 1 is 0.750 bits per heavy atom. The third-order valence-corrected chi connectivity index (χ3v) is 5.14. The van der Waals surface area contributed by atoms with Gasteiger partial charge in [0.15, 0.2) is 0 Å². The summed E-state index contributed by atoms with van der Waals surface area (Å²) in [6.07, 6.45) is 32.2. The van der Waals surface area contributed by atoms with E-state index in [0.29, 0.717) is 6.42 Å². The van der Waals surface area contributed by atoms with Crippen LogP contribution in [0.1, 0.15) is 63.9 Å². The summed E-state index contributed by atoms with van der Waals surface area (Å²) in [5.41, 5.74) is 0.734. The Morgan fingerprint density at radius 3 is 1.64 bits per heavy atom. The molecule has 0 spiro atoms. The molecule has 0 aliphatic heterocycles. The minimum atomic E-state index is -1.08. The van der Waals surface area contributed by atoms with E-state index in [0.717, 1.165) is 44.1 Å². The van der Waals surface area contributed by atoms with Crippen molar-refractivity contribution in [1.29, 1.82) is 0 Å². The number of rotatable bonds is 18. The van der Waals surface area contributed by atoms with Gasteiger partial charge in [0.2, 0.25) is 5.91 Å². The highest BCUT2D eigenvalue weighted by Crippen LogP contribution is 2.11. The number of hydrogen-bond donors (Lipinski definition) is 3. The van der Waals surface area contributed by atoms with Crippen LogP contribution in [0.4, 0.5) is 0 Å². The van der Waals surface area contributed by atoms with Gasteiger partial charge in [-0.2, -0.15) is 0 Å². The van der Waals surface area contributed by atoms with Crippen molar-refractivity contribution in [3.8, 4) is 5.75 Å². The molecule has 36 heavy (non-hydrogen) atoms. The van der Waals surface area contributed by atoms with Crippen LogP contribution in [0.5, 0.6) is 5.75 Å². The van der Waals surface area contributed by atoms with Crippen molar-refractivity contribution >= 4 is 11.9 Å². The van der Waals surface area contributed by atoms with E-state index in [-0.39, 0.29) is 24.5 Å². The molecular formula is C31H41NO4. The topological polar surface area (TPSA) is 86.6 Å². The summed E-state index contributed by atoms with van der Waals surface area (Å²) >= 11 is 0. The van der Waals surface area contributed by atoms with Gasteiger partial charge in [0, 0.05) is 12.8 Å². The Labute approximate surface area is 216 Å². The Balaban J connectivity index is 2.13. The largest absolute Gasteiger partial charge is 0.508 e. The highest BCUT2D eigenvalue weighted by molar-refractivity contribution is 5.83. The second-order valence-corrected chi connectivity index (χ2v) is 8.28. The van der Waals surface area contributed by atoms with Crippen LogP contribution < -0.4 is 5.32 Å². The molecule has 0 heterocycles. The van der Waals surface area contributed by atoms with E-state index in [1.54, 1.807) is 12.1 Å². The van der Waals surface area contributed by atoms with Gasteiger partial charge in [-0.3, -0.25) is 4.79 Å². The van der Waals surface area contributed by atoms with Crippen LogP contribution in [0.25, 0.3) is 0 Å². The van der Waals surface area contributed by atoms with E-state index in [9.17, 15) is 19.8 Å². The predicted octanol–water partition coefficient (Wildman–Crippen LogP) is 6.98. The maximum Gasteiger partial charge on any atom is 0.326 e. The summed E-state index contributed by atoms with van der Waals surface area (Å²) in [7, 11) is 0. The molecule has 0 fully saturated rings. The molecule has 0 bridgehead atoms. The molecule has 0 saturated heterocycles. The number of hydrogen-bond acceptors (Lipinski definition) is 3. The first-order chi connectivity index (χ1) is 17.5. The number of allylic oxidation sites excluding steroid dienone is 12. The zero-order chi connectivity index (χ0) is 26.3.